The maximum absolute atomic E-state index is 4.59. The number of amidine groups is 1. The minimum atomic E-state index is 0. The van der Waals surface area contributed by atoms with E-state index in [1.165, 1.54) is 37.5 Å². The van der Waals surface area contributed by atoms with Crippen molar-refractivity contribution in [3.05, 3.63) is 0 Å². The van der Waals surface area contributed by atoms with Gasteiger partial charge in [-0.2, -0.15) is 0 Å². The topological polar surface area (TPSA) is 15.6 Å². The van der Waals surface area contributed by atoms with Crippen LogP contribution >= 0.6 is 44.7 Å². The zero-order valence-corrected chi connectivity index (χ0v) is 12.2. The summed E-state index contributed by atoms with van der Waals surface area (Å²) >= 11 is 5.46. The van der Waals surface area contributed by atoms with Crippen LogP contribution in [0.4, 0.5) is 0 Å². The van der Waals surface area contributed by atoms with Crippen LogP contribution in [0.25, 0.3) is 0 Å². The third-order valence-corrected chi connectivity index (χ3v) is 4.96. The first-order valence-corrected chi connectivity index (χ1v) is 6.92. The number of alkyl halides is 1. The van der Waals surface area contributed by atoms with Gasteiger partial charge in [0.25, 0.3) is 0 Å². The molecule has 0 aromatic carbocycles. The summed E-state index contributed by atoms with van der Waals surface area (Å²) in [5, 5.41) is 3.04. The first-order valence-electron chi connectivity index (χ1n) is 4.92. The van der Waals surface area contributed by atoms with Crippen molar-refractivity contribution in [3.63, 3.8) is 0 Å². The summed E-state index contributed by atoms with van der Waals surface area (Å²) in [4.78, 5) is 7.04. The average molecular weight is 344 g/mol. The highest BCUT2D eigenvalue weighted by atomic mass is 79.9. The quantitative estimate of drug-likeness (QED) is 0.680. The van der Waals surface area contributed by atoms with Crippen molar-refractivity contribution in [2.24, 2.45) is 4.99 Å². The first-order chi connectivity index (χ1) is 6.40. The monoisotopic (exact) mass is 342 g/mol. The number of aliphatic imine (C=N–C) groups is 1. The maximum Gasteiger partial charge on any atom is 0.159 e. The molecule has 5 heteroatoms. The highest BCUT2D eigenvalue weighted by molar-refractivity contribution is 9.09. The SMILES string of the molecule is Br.BrCC1CN=C(N2CCCCC2)S1. The fourth-order valence-corrected chi connectivity index (χ4v) is 3.34. The lowest BCUT2D eigenvalue weighted by Gasteiger charge is -2.28. The molecule has 0 amide bonds. The van der Waals surface area contributed by atoms with Gasteiger partial charge in [0, 0.05) is 23.7 Å². The van der Waals surface area contributed by atoms with E-state index >= 15 is 0 Å². The van der Waals surface area contributed by atoms with E-state index in [9.17, 15) is 0 Å². The lowest BCUT2D eigenvalue weighted by atomic mass is 10.1. The van der Waals surface area contributed by atoms with Crippen LogP contribution in [-0.4, -0.2) is 40.3 Å². The van der Waals surface area contributed by atoms with Crippen molar-refractivity contribution in [2.75, 3.05) is 25.0 Å². The van der Waals surface area contributed by atoms with Crippen molar-refractivity contribution in [2.45, 2.75) is 24.5 Å². The minimum absolute atomic E-state index is 0. The van der Waals surface area contributed by atoms with Crippen LogP contribution in [0, 0.1) is 0 Å². The van der Waals surface area contributed by atoms with Gasteiger partial charge >= 0.3 is 0 Å². The number of halogens is 2. The van der Waals surface area contributed by atoms with Crippen molar-refractivity contribution < 1.29 is 0 Å². The molecule has 0 aromatic heterocycles. The van der Waals surface area contributed by atoms with Gasteiger partial charge in [-0.3, -0.25) is 4.99 Å². The number of hydrogen-bond acceptors (Lipinski definition) is 3. The summed E-state index contributed by atoms with van der Waals surface area (Å²) in [7, 11) is 0. The number of rotatable bonds is 1. The van der Waals surface area contributed by atoms with Crippen LogP contribution < -0.4 is 0 Å². The van der Waals surface area contributed by atoms with Crippen LogP contribution in [-0.2, 0) is 0 Å². The fourth-order valence-electron chi connectivity index (χ4n) is 1.74. The Hall–Kier alpha value is 0.780. The van der Waals surface area contributed by atoms with Crippen LogP contribution in [0.1, 0.15) is 19.3 Å². The third-order valence-electron chi connectivity index (χ3n) is 2.50. The minimum Gasteiger partial charge on any atom is -0.351 e. The molecule has 1 saturated heterocycles. The van der Waals surface area contributed by atoms with E-state index in [2.05, 4.69) is 25.8 Å². The summed E-state index contributed by atoms with van der Waals surface area (Å²) in [6.07, 6.45) is 4.09. The lowest BCUT2D eigenvalue weighted by molar-refractivity contribution is 0.348. The predicted molar refractivity (Wildman–Crippen MR) is 73.2 cm³/mol. The largest absolute Gasteiger partial charge is 0.351 e. The zero-order chi connectivity index (χ0) is 9.10. The Morgan fingerprint density at radius 1 is 1.36 bits per heavy atom. The molecule has 0 saturated carbocycles. The Kier molecular flexibility index (Phi) is 5.86. The van der Waals surface area contributed by atoms with Gasteiger partial charge in [-0.25, -0.2) is 0 Å². The van der Waals surface area contributed by atoms with E-state index in [0.29, 0.717) is 5.25 Å². The molecule has 1 atom stereocenters. The highest BCUT2D eigenvalue weighted by Crippen LogP contribution is 2.26. The van der Waals surface area contributed by atoms with Gasteiger partial charge in [-0.15, -0.1) is 17.0 Å². The van der Waals surface area contributed by atoms with E-state index in [-0.39, 0.29) is 17.0 Å². The average Bonchev–Trinajstić information content (AvgIpc) is 2.67. The van der Waals surface area contributed by atoms with Crippen LogP contribution in [0.2, 0.25) is 0 Å². The molecule has 82 valence electrons. The molecular formula is C9H16Br2N2S. The van der Waals surface area contributed by atoms with Crippen molar-refractivity contribution in [1.29, 1.82) is 0 Å². The molecule has 0 radical (unpaired) electrons. The summed E-state index contributed by atoms with van der Waals surface area (Å²) < 4.78 is 0. The molecule has 2 aliphatic heterocycles. The summed E-state index contributed by atoms with van der Waals surface area (Å²) in [5.41, 5.74) is 0. The van der Waals surface area contributed by atoms with E-state index < -0.39 is 0 Å². The lowest BCUT2D eigenvalue weighted by Crippen LogP contribution is -2.33. The number of thioether (sulfide) groups is 1. The Morgan fingerprint density at radius 3 is 2.64 bits per heavy atom. The summed E-state index contributed by atoms with van der Waals surface area (Å²) in [6, 6.07) is 0. The highest BCUT2D eigenvalue weighted by Gasteiger charge is 2.23. The van der Waals surface area contributed by atoms with E-state index in [1.807, 2.05) is 11.8 Å². The van der Waals surface area contributed by atoms with Gasteiger partial charge < -0.3 is 4.90 Å². The van der Waals surface area contributed by atoms with Crippen LogP contribution in [0.15, 0.2) is 4.99 Å². The summed E-state index contributed by atoms with van der Waals surface area (Å²) in [5.74, 6) is 0. The standard InChI is InChI=1S/C9H15BrN2S.BrH/c10-6-8-7-11-9(13-8)12-4-2-1-3-5-12;/h8H,1-7H2;1H. The second-order valence-corrected chi connectivity index (χ2v) is 5.48. The van der Waals surface area contributed by atoms with Gasteiger partial charge in [-0.05, 0) is 19.3 Å². The second kappa shape index (κ2) is 6.38. The van der Waals surface area contributed by atoms with E-state index in [4.69, 9.17) is 0 Å². The van der Waals surface area contributed by atoms with Gasteiger partial charge in [-0.1, -0.05) is 27.7 Å². The molecule has 14 heavy (non-hydrogen) atoms. The molecule has 0 N–H and O–H groups in total. The molecular weight excluding hydrogens is 328 g/mol. The van der Waals surface area contributed by atoms with Crippen LogP contribution in [0.3, 0.4) is 0 Å². The molecule has 0 bridgehead atoms. The molecule has 2 aliphatic rings. The summed E-state index contributed by atoms with van der Waals surface area (Å²) in [6.45, 7) is 3.45. The second-order valence-electron chi connectivity index (χ2n) is 3.57. The number of nitrogens with zero attached hydrogens (tertiary/aromatic N) is 2. The number of likely N-dealkylation sites (tertiary alicyclic amines) is 1. The molecule has 2 rings (SSSR count). The zero-order valence-electron chi connectivity index (χ0n) is 8.12. The normalized spacial score (nSPS) is 27.1. The molecule has 2 nitrogen and oxygen atoms in total. The smallest absolute Gasteiger partial charge is 0.159 e. The van der Waals surface area contributed by atoms with Crippen molar-refractivity contribution >= 4 is 49.8 Å². The Morgan fingerprint density at radius 2 is 2.07 bits per heavy atom. The van der Waals surface area contributed by atoms with E-state index in [0.717, 1.165) is 11.9 Å². The molecule has 0 aliphatic carbocycles. The predicted octanol–water partition coefficient (Wildman–Crippen LogP) is 2.92. The van der Waals surface area contributed by atoms with Crippen molar-refractivity contribution in [1.82, 2.24) is 4.90 Å². The molecule has 0 spiro atoms. The molecule has 2 heterocycles. The first kappa shape index (κ1) is 12.8. The van der Waals surface area contributed by atoms with Crippen LogP contribution in [0.5, 0.6) is 0 Å². The Labute approximate surface area is 109 Å². The maximum atomic E-state index is 4.59. The third kappa shape index (κ3) is 3.14. The van der Waals surface area contributed by atoms with Gasteiger partial charge in [0.2, 0.25) is 0 Å². The molecule has 0 aromatic rings. The van der Waals surface area contributed by atoms with Gasteiger partial charge in [0.05, 0.1) is 6.54 Å². The Bertz CT molecular complexity index is 205. The van der Waals surface area contributed by atoms with Crippen molar-refractivity contribution in [3.8, 4) is 0 Å². The van der Waals surface area contributed by atoms with E-state index in [1.54, 1.807) is 0 Å². The van der Waals surface area contributed by atoms with Gasteiger partial charge in [0.1, 0.15) is 0 Å². The molecule has 1 unspecified atom stereocenters. The number of piperidine rings is 1. The Balaban J connectivity index is 0.000000980. The number of hydrogen-bond donors (Lipinski definition) is 0. The van der Waals surface area contributed by atoms with Gasteiger partial charge in [0.15, 0.2) is 5.17 Å². The molecule has 1 fully saturated rings. The fraction of sp³-hybridized carbons (Fsp3) is 0.889.